The Hall–Kier alpha value is -1.81. The summed E-state index contributed by atoms with van der Waals surface area (Å²) >= 11 is 1.55. The summed E-state index contributed by atoms with van der Waals surface area (Å²) in [6, 6.07) is 10.9. The predicted octanol–water partition coefficient (Wildman–Crippen LogP) is 3.86. The Morgan fingerprint density at radius 1 is 1.26 bits per heavy atom. The van der Waals surface area contributed by atoms with Crippen LogP contribution in [0.5, 0.6) is 0 Å². The highest BCUT2D eigenvalue weighted by Crippen LogP contribution is 2.27. The molecule has 1 aromatic carbocycles. The molecule has 0 saturated heterocycles. The third-order valence-corrected chi connectivity index (χ3v) is 4.22. The van der Waals surface area contributed by atoms with Gasteiger partial charge in [-0.1, -0.05) is 24.6 Å². The maximum absolute atomic E-state index is 11.4. The average Bonchev–Trinajstić information content (AvgIpc) is 2.86. The molecular weight excluding hydrogens is 258 g/mol. The van der Waals surface area contributed by atoms with E-state index in [0.29, 0.717) is 0 Å². The van der Waals surface area contributed by atoms with E-state index in [-0.39, 0.29) is 0 Å². The molecule has 1 heterocycles. The van der Waals surface area contributed by atoms with Crippen LogP contribution in [0, 0.1) is 6.92 Å². The fourth-order valence-electron chi connectivity index (χ4n) is 1.81. The number of nitrogens with one attached hydrogen (secondary N) is 1. The van der Waals surface area contributed by atoms with E-state index in [1.807, 2.05) is 43.3 Å². The molecule has 3 nitrogen and oxygen atoms in total. The Balaban J connectivity index is 2.21. The van der Waals surface area contributed by atoms with Crippen LogP contribution in [0.15, 0.2) is 36.4 Å². The van der Waals surface area contributed by atoms with E-state index in [0.717, 1.165) is 22.5 Å². The van der Waals surface area contributed by atoms with Crippen molar-refractivity contribution < 1.29 is 9.90 Å². The van der Waals surface area contributed by atoms with E-state index in [2.05, 4.69) is 12.2 Å². The Bertz CT molecular complexity index is 560. The topological polar surface area (TPSA) is 49.3 Å². The van der Waals surface area contributed by atoms with Crippen molar-refractivity contribution in [3.8, 4) is 0 Å². The molecule has 0 bridgehead atoms. The molecule has 2 rings (SSSR count). The number of thiophene rings is 1. The van der Waals surface area contributed by atoms with Gasteiger partial charge in [0.15, 0.2) is 6.04 Å². The summed E-state index contributed by atoms with van der Waals surface area (Å²) in [5.41, 5.74) is 1.98. The zero-order valence-electron chi connectivity index (χ0n) is 11.0. The first-order valence-corrected chi connectivity index (χ1v) is 7.06. The van der Waals surface area contributed by atoms with E-state index in [4.69, 9.17) is 0 Å². The molecule has 0 fully saturated rings. The van der Waals surface area contributed by atoms with Gasteiger partial charge < -0.3 is 10.4 Å². The summed E-state index contributed by atoms with van der Waals surface area (Å²) in [6.07, 6.45) is 0.932. The molecule has 1 atom stereocenters. The van der Waals surface area contributed by atoms with Crippen molar-refractivity contribution in [2.24, 2.45) is 0 Å². The number of carboxylic acid groups (broad SMARTS) is 1. The highest BCUT2D eigenvalue weighted by atomic mass is 32.1. The SMILES string of the molecule is CCc1ccc(C(Nc2ccc(C)cc2)C(=O)O)s1. The Labute approximate surface area is 116 Å². The Kier molecular flexibility index (Phi) is 4.22. The summed E-state index contributed by atoms with van der Waals surface area (Å²) in [5, 5.41) is 12.4. The molecule has 2 N–H and O–H groups in total. The fraction of sp³-hybridized carbons (Fsp3) is 0.267. The summed E-state index contributed by atoms with van der Waals surface area (Å²) in [6.45, 7) is 4.07. The highest BCUT2D eigenvalue weighted by Gasteiger charge is 2.21. The minimum absolute atomic E-state index is 0.687. The number of hydrogen-bond acceptors (Lipinski definition) is 3. The van der Waals surface area contributed by atoms with Crippen LogP contribution >= 0.6 is 11.3 Å². The molecule has 4 heteroatoms. The van der Waals surface area contributed by atoms with Gasteiger partial charge >= 0.3 is 5.97 Å². The van der Waals surface area contributed by atoms with Crippen molar-refractivity contribution in [2.45, 2.75) is 26.3 Å². The molecule has 0 aliphatic rings. The van der Waals surface area contributed by atoms with Crippen LogP contribution in [0.4, 0.5) is 5.69 Å². The van der Waals surface area contributed by atoms with Gasteiger partial charge in [0.2, 0.25) is 0 Å². The molecule has 100 valence electrons. The van der Waals surface area contributed by atoms with Gasteiger partial charge in [-0.2, -0.15) is 0 Å². The van der Waals surface area contributed by atoms with Crippen LogP contribution in [-0.4, -0.2) is 11.1 Å². The number of benzene rings is 1. The zero-order chi connectivity index (χ0) is 13.8. The molecule has 0 aliphatic heterocycles. The lowest BCUT2D eigenvalue weighted by Gasteiger charge is -2.14. The lowest BCUT2D eigenvalue weighted by Crippen LogP contribution is -2.19. The molecular formula is C15H17NO2S. The van der Waals surface area contributed by atoms with Gasteiger partial charge in [-0.15, -0.1) is 11.3 Å². The van der Waals surface area contributed by atoms with Gasteiger partial charge in [0.1, 0.15) is 0 Å². The number of carbonyl (C=O) groups is 1. The normalized spacial score (nSPS) is 12.1. The molecule has 0 saturated carbocycles. The number of aryl methyl sites for hydroxylation is 2. The minimum Gasteiger partial charge on any atom is -0.479 e. The monoisotopic (exact) mass is 275 g/mol. The number of hydrogen-bond donors (Lipinski definition) is 2. The number of carboxylic acids is 1. The van der Waals surface area contributed by atoms with Crippen molar-refractivity contribution >= 4 is 23.0 Å². The van der Waals surface area contributed by atoms with Crippen molar-refractivity contribution in [1.29, 1.82) is 0 Å². The standard InChI is InChI=1S/C15H17NO2S/c1-3-12-8-9-13(19-12)14(15(17)18)16-11-6-4-10(2)5-7-11/h4-9,14,16H,3H2,1-2H3,(H,17,18). The average molecular weight is 275 g/mol. The summed E-state index contributed by atoms with van der Waals surface area (Å²) in [7, 11) is 0. The van der Waals surface area contributed by atoms with Crippen molar-refractivity contribution in [3.63, 3.8) is 0 Å². The quantitative estimate of drug-likeness (QED) is 0.871. The molecule has 19 heavy (non-hydrogen) atoms. The van der Waals surface area contributed by atoms with Crippen LogP contribution < -0.4 is 5.32 Å². The number of rotatable bonds is 5. The molecule has 0 amide bonds. The third kappa shape index (κ3) is 3.35. The van der Waals surface area contributed by atoms with E-state index in [1.165, 1.54) is 4.88 Å². The second-order valence-electron chi connectivity index (χ2n) is 4.44. The van der Waals surface area contributed by atoms with Gasteiger partial charge in [0.05, 0.1) is 0 Å². The van der Waals surface area contributed by atoms with Crippen molar-refractivity contribution in [3.05, 3.63) is 51.7 Å². The van der Waals surface area contributed by atoms with Gasteiger partial charge in [0, 0.05) is 15.4 Å². The fourth-order valence-corrected chi connectivity index (χ4v) is 2.81. The second-order valence-corrected chi connectivity index (χ2v) is 5.64. The first-order valence-electron chi connectivity index (χ1n) is 6.24. The Morgan fingerprint density at radius 2 is 1.95 bits per heavy atom. The van der Waals surface area contributed by atoms with Gasteiger partial charge in [-0.05, 0) is 37.6 Å². The van der Waals surface area contributed by atoms with Crippen LogP contribution in [0.25, 0.3) is 0 Å². The molecule has 0 spiro atoms. The van der Waals surface area contributed by atoms with E-state index in [1.54, 1.807) is 11.3 Å². The molecule has 0 radical (unpaired) electrons. The Morgan fingerprint density at radius 3 is 2.47 bits per heavy atom. The van der Waals surface area contributed by atoms with Crippen LogP contribution in [0.1, 0.15) is 28.3 Å². The van der Waals surface area contributed by atoms with E-state index >= 15 is 0 Å². The van der Waals surface area contributed by atoms with E-state index in [9.17, 15) is 9.90 Å². The smallest absolute Gasteiger partial charge is 0.331 e. The maximum Gasteiger partial charge on any atom is 0.331 e. The zero-order valence-corrected chi connectivity index (χ0v) is 11.8. The van der Waals surface area contributed by atoms with Gasteiger partial charge in [-0.3, -0.25) is 0 Å². The second kappa shape index (κ2) is 5.89. The first-order chi connectivity index (χ1) is 9.10. The summed E-state index contributed by atoms with van der Waals surface area (Å²) in [5.74, 6) is -0.856. The van der Waals surface area contributed by atoms with E-state index < -0.39 is 12.0 Å². The van der Waals surface area contributed by atoms with Gasteiger partial charge in [0.25, 0.3) is 0 Å². The van der Waals surface area contributed by atoms with Crippen molar-refractivity contribution in [2.75, 3.05) is 5.32 Å². The number of aliphatic carboxylic acids is 1. The third-order valence-electron chi connectivity index (χ3n) is 2.92. The highest BCUT2D eigenvalue weighted by molar-refractivity contribution is 7.12. The first kappa shape index (κ1) is 13.6. The molecule has 1 aromatic heterocycles. The van der Waals surface area contributed by atoms with Crippen LogP contribution in [-0.2, 0) is 11.2 Å². The lowest BCUT2D eigenvalue weighted by molar-refractivity contribution is -0.138. The molecule has 1 unspecified atom stereocenters. The van der Waals surface area contributed by atoms with Crippen LogP contribution in [0.2, 0.25) is 0 Å². The van der Waals surface area contributed by atoms with Gasteiger partial charge in [-0.25, -0.2) is 4.79 Å². The number of anilines is 1. The molecule has 0 aliphatic carbocycles. The van der Waals surface area contributed by atoms with Crippen molar-refractivity contribution in [1.82, 2.24) is 0 Å². The summed E-state index contributed by atoms with van der Waals surface area (Å²) in [4.78, 5) is 13.5. The maximum atomic E-state index is 11.4. The molecule has 2 aromatic rings. The predicted molar refractivity (Wildman–Crippen MR) is 78.9 cm³/mol. The minimum atomic E-state index is -0.856. The largest absolute Gasteiger partial charge is 0.479 e. The van der Waals surface area contributed by atoms with Crippen LogP contribution in [0.3, 0.4) is 0 Å². The lowest BCUT2D eigenvalue weighted by atomic mass is 10.2. The summed E-state index contributed by atoms with van der Waals surface area (Å²) < 4.78 is 0.